The van der Waals surface area contributed by atoms with Gasteiger partial charge in [-0.05, 0) is 50.0 Å². The van der Waals surface area contributed by atoms with Crippen LogP contribution in [0.2, 0.25) is 0 Å². The molecule has 5 aliphatic rings. The zero-order valence-electron chi connectivity index (χ0n) is 18.1. The smallest absolute Gasteiger partial charge is 0.325 e. The zero-order chi connectivity index (χ0) is 22.1. The van der Waals surface area contributed by atoms with Gasteiger partial charge in [-0.25, -0.2) is 0 Å². The van der Waals surface area contributed by atoms with Gasteiger partial charge in [-0.3, -0.25) is 14.4 Å². The maximum absolute atomic E-state index is 13.2. The Hall–Kier alpha value is -3.22. The molecule has 1 saturated heterocycles. The number of carbonyl (C=O) groups excluding carboxylic acids is 3. The van der Waals surface area contributed by atoms with Crippen LogP contribution in [0.1, 0.15) is 24.6 Å². The average Bonchev–Trinajstić information content (AvgIpc) is 3.53. The van der Waals surface area contributed by atoms with Crippen molar-refractivity contribution in [3.63, 3.8) is 0 Å². The Balaban J connectivity index is 1.34. The number of esters is 1. The molecule has 0 spiro atoms. The monoisotopic (exact) mass is 431 g/mol. The third kappa shape index (κ3) is 2.60. The second-order valence-corrected chi connectivity index (χ2v) is 9.29. The van der Waals surface area contributed by atoms with Crippen LogP contribution in [-0.4, -0.2) is 40.2 Å². The zero-order valence-corrected chi connectivity index (χ0v) is 18.1. The van der Waals surface area contributed by atoms with Gasteiger partial charge in [0, 0.05) is 22.2 Å². The minimum Gasteiger partial charge on any atom is -0.465 e. The van der Waals surface area contributed by atoms with E-state index in [0.717, 1.165) is 33.6 Å². The van der Waals surface area contributed by atoms with Gasteiger partial charge in [-0.1, -0.05) is 30.4 Å². The van der Waals surface area contributed by atoms with Crippen molar-refractivity contribution in [2.24, 2.45) is 40.6 Å². The Morgan fingerprint density at radius 3 is 2.44 bits per heavy atom. The van der Waals surface area contributed by atoms with Gasteiger partial charge in [-0.15, -0.1) is 0 Å². The Labute approximate surface area is 185 Å². The maximum Gasteiger partial charge on any atom is 0.325 e. The number of rotatable bonds is 5. The molecule has 32 heavy (non-hydrogen) atoms. The predicted octanol–water partition coefficient (Wildman–Crippen LogP) is 2.90. The van der Waals surface area contributed by atoms with Crippen molar-refractivity contribution < 1.29 is 19.1 Å². The fourth-order valence-electron chi connectivity index (χ4n) is 6.33. The van der Waals surface area contributed by atoms with Crippen molar-refractivity contribution in [3.8, 4) is 0 Å². The number of imide groups is 1. The van der Waals surface area contributed by atoms with Crippen LogP contribution in [0.5, 0.6) is 0 Å². The number of nitrogens with zero attached hydrogens (tertiary/aromatic N) is 3. The molecule has 2 aromatic rings. The SMILES string of the molecule is CCOC(=O)Cn1c(C)c(/C=N\N2C(=O)[C@@H]3[C@@H]4C=C[C@H]([C@@H]5C[C@H]45)[C@@H]3C2=O)c2ccccc21. The van der Waals surface area contributed by atoms with E-state index in [2.05, 4.69) is 17.3 Å². The highest BCUT2D eigenvalue weighted by molar-refractivity contribution is 6.08. The van der Waals surface area contributed by atoms with Crippen molar-refractivity contribution in [1.29, 1.82) is 0 Å². The van der Waals surface area contributed by atoms with Gasteiger partial charge >= 0.3 is 5.97 Å². The predicted molar refractivity (Wildman–Crippen MR) is 117 cm³/mol. The molecule has 0 N–H and O–H groups in total. The molecule has 1 aliphatic heterocycles. The highest BCUT2D eigenvalue weighted by atomic mass is 16.5. The number of para-hydroxylation sites is 1. The fourth-order valence-corrected chi connectivity index (χ4v) is 6.33. The number of amides is 2. The van der Waals surface area contributed by atoms with E-state index < -0.39 is 0 Å². The van der Waals surface area contributed by atoms with Crippen LogP contribution in [0, 0.1) is 42.4 Å². The van der Waals surface area contributed by atoms with Gasteiger partial charge in [-0.2, -0.15) is 10.1 Å². The number of hydrogen-bond donors (Lipinski definition) is 0. The Morgan fingerprint density at radius 1 is 1.12 bits per heavy atom. The van der Waals surface area contributed by atoms with Crippen molar-refractivity contribution in [2.75, 3.05) is 6.61 Å². The topological polar surface area (TPSA) is 81.0 Å². The van der Waals surface area contributed by atoms with Gasteiger partial charge in [0.2, 0.25) is 0 Å². The lowest BCUT2D eigenvalue weighted by Crippen LogP contribution is -2.40. The molecule has 0 radical (unpaired) electrons. The molecular weight excluding hydrogens is 406 g/mol. The fraction of sp³-hybridized carbons (Fsp3) is 0.440. The van der Waals surface area contributed by atoms with Gasteiger partial charge in [0.15, 0.2) is 0 Å². The molecule has 0 unspecified atom stereocenters. The van der Waals surface area contributed by atoms with E-state index in [4.69, 9.17) is 4.74 Å². The summed E-state index contributed by atoms with van der Waals surface area (Å²) < 4.78 is 7.01. The van der Waals surface area contributed by atoms with Crippen LogP contribution >= 0.6 is 0 Å². The summed E-state index contributed by atoms with van der Waals surface area (Å²) >= 11 is 0. The average molecular weight is 431 g/mol. The van der Waals surface area contributed by atoms with E-state index in [9.17, 15) is 14.4 Å². The minimum atomic E-state index is -0.310. The van der Waals surface area contributed by atoms with Gasteiger partial charge in [0.05, 0.1) is 24.7 Å². The van der Waals surface area contributed by atoms with E-state index >= 15 is 0 Å². The maximum atomic E-state index is 13.2. The van der Waals surface area contributed by atoms with Gasteiger partial charge in [0.1, 0.15) is 6.54 Å². The largest absolute Gasteiger partial charge is 0.465 e. The normalized spacial score (nSPS) is 32.1. The molecule has 4 aliphatic carbocycles. The molecule has 7 nitrogen and oxygen atoms in total. The number of hydrogen-bond acceptors (Lipinski definition) is 5. The number of hydrazone groups is 1. The summed E-state index contributed by atoms with van der Waals surface area (Å²) in [7, 11) is 0. The molecule has 7 rings (SSSR count). The number of ether oxygens (including phenoxy) is 1. The van der Waals surface area contributed by atoms with Crippen LogP contribution in [0.25, 0.3) is 10.9 Å². The highest BCUT2D eigenvalue weighted by Gasteiger charge is 2.67. The van der Waals surface area contributed by atoms with Crippen LogP contribution in [0.4, 0.5) is 0 Å². The van der Waals surface area contributed by atoms with E-state index in [1.165, 1.54) is 0 Å². The quantitative estimate of drug-likeness (QED) is 0.316. The molecule has 7 heteroatoms. The Kier molecular flexibility index (Phi) is 4.19. The molecule has 164 valence electrons. The number of carbonyl (C=O) groups is 3. The van der Waals surface area contributed by atoms with Crippen LogP contribution in [0.3, 0.4) is 0 Å². The third-order valence-electron chi connectivity index (χ3n) is 7.81. The number of fused-ring (bicyclic) bond motifs is 1. The van der Waals surface area contributed by atoms with E-state index in [0.29, 0.717) is 18.4 Å². The van der Waals surface area contributed by atoms with Gasteiger partial charge in [0.25, 0.3) is 11.8 Å². The van der Waals surface area contributed by atoms with Crippen molar-refractivity contribution in [3.05, 3.63) is 47.7 Å². The van der Waals surface area contributed by atoms with Crippen LogP contribution < -0.4 is 0 Å². The summed E-state index contributed by atoms with van der Waals surface area (Å²) in [6.07, 6.45) is 7.05. The molecule has 2 saturated carbocycles. The first kappa shape index (κ1) is 19.5. The first-order chi connectivity index (χ1) is 15.5. The first-order valence-electron chi connectivity index (χ1n) is 11.3. The second-order valence-electron chi connectivity index (χ2n) is 9.29. The van der Waals surface area contributed by atoms with Crippen molar-refractivity contribution in [1.82, 2.24) is 9.58 Å². The molecule has 6 atom stereocenters. The lowest BCUT2D eigenvalue weighted by atomic mass is 9.63. The van der Waals surface area contributed by atoms with E-state index in [1.54, 1.807) is 13.1 Å². The molecule has 2 heterocycles. The molecule has 3 fully saturated rings. The summed E-state index contributed by atoms with van der Waals surface area (Å²) in [6.45, 7) is 4.11. The summed E-state index contributed by atoms with van der Waals surface area (Å²) in [5, 5.41) is 6.42. The van der Waals surface area contributed by atoms with Crippen molar-refractivity contribution >= 4 is 34.9 Å². The Morgan fingerprint density at radius 2 is 1.78 bits per heavy atom. The molecule has 2 amide bonds. The lowest BCUT2D eigenvalue weighted by Gasteiger charge is -2.37. The summed E-state index contributed by atoms with van der Waals surface area (Å²) in [4.78, 5) is 38.5. The van der Waals surface area contributed by atoms with E-state index in [1.807, 2.05) is 35.8 Å². The van der Waals surface area contributed by atoms with Crippen molar-refractivity contribution in [2.45, 2.75) is 26.8 Å². The second kappa shape index (κ2) is 6.89. The summed E-state index contributed by atoms with van der Waals surface area (Å²) in [6, 6.07) is 7.73. The Bertz CT molecular complexity index is 1190. The molecule has 2 bridgehead atoms. The number of allylic oxidation sites excluding steroid dienone is 2. The minimum absolute atomic E-state index is 0.0948. The molecule has 1 aromatic heterocycles. The van der Waals surface area contributed by atoms with Crippen LogP contribution in [-0.2, 0) is 25.7 Å². The first-order valence-corrected chi connectivity index (χ1v) is 11.3. The lowest BCUT2D eigenvalue weighted by molar-refractivity contribution is -0.144. The third-order valence-corrected chi connectivity index (χ3v) is 7.81. The van der Waals surface area contributed by atoms with Crippen LogP contribution in [0.15, 0.2) is 41.5 Å². The molecular formula is C25H25N3O4. The standard InChI is InChI=1S/C25H25N3O4/c1-3-32-21(29)12-27-13(2)19(14-6-4-5-7-20(14)27)11-26-28-24(30)22-15-8-9-16(18-10-17(15)18)23(22)25(28)31/h4-9,11,15-18,22-23H,3,10,12H2,1-2H3/b26-11-/t15-,16-,17-,18+,22-,23+/m1/s1. The summed E-state index contributed by atoms with van der Waals surface area (Å²) in [5.74, 6) is 0.317. The highest BCUT2D eigenvalue weighted by Crippen LogP contribution is 2.65. The van der Waals surface area contributed by atoms with E-state index in [-0.39, 0.29) is 48.0 Å². The van der Waals surface area contributed by atoms with Gasteiger partial charge < -0.3 is 9.30 Å². The summed E-state index contributed by atoms with van der Waals surface area (Å²) in [5.41, 5.74) is 2.52. The molecule has 1 aromatic carbocycles. The number of benzene rings is 1. The number of aromatic nitrogens is 1.